The molecule has 4 rings (SSSR count). The number of aliphatic hydroxyl groups excluding tert-OH is 4. The predicted octanol–water partition coefficient (Wildman–Crippen LogP) is 4.22. The molecule has 3 heterocycles. The van der Waals surface area contributed by atoms with Crippen LogP contribution in [0.5, 0.6) is 0 Å². The Balaban J connectivity index is 1.77. The standard InChI is InChI=1S/C45H71NO12/c1-8-11-32-19-27(3)18-26(2)13-16-39(56-7)41-34(25-48)21-29(5)45(55,58-41)42(52)43(53)46-17-10-9-12-35(46)44(54)57-40(30(6)37(50)23-38(32)51)28(4)20-31-14-15-36(49)33(22-31)24-47/h8,19-20,26-27,29-31,33-37,39-41,47-50,55H,1,9-18,21-25H2,2-7H3/b28-20?,32-19+/t26-,27?,29-,30-,31+,33+,34-,35+,36-,37+,39+,40-,41+,45-/m1/s1. The van der Waals surface area contributed by atoms with Crippen molar-refractivity contribution in [3.63, 3.8) is 0 Å². The second-order valence-corrected chi connectivity index (χ2v) is 18.0. The number of piperidine rings is 1. The minimum Gasteiger partial charge on any atom is -0.456 e. The van der Waals surface area contributed by atoms with Gasteiger partial charge in [-0.2, -0.15) is 0 Å². The Bertz CT molecular complexity index is 1500. The molecule has 0 aromatic rings. The monoisotopic (exact) mass is 817 g/mol. The maximum Gasteiger partial charge on any atom is 0.329 e. The Hall–Kier alpha value is -2.78. The number of esters is 1. The number of carbonyl (C=O) groups is 4. The highest BCUT2D eigenvalue weighted by atomic mass is 16.7. The van der Waals surface area contributed by atoms with E-state index in [-0.39, 0.29) is 68.5 Å². The molecular formula is C45H71NO12. The summed E-state index contributed by atoms with van der Waals surface area (Å²) < 4.78 is 18.3. The van der Waals surface area contributed by atoms with Crippen LogP contribution < -0.4 is 0 Å². The van der Waals surface area contributed by atoms with Crippen molar-refractivity contribution in [3.8, 4) is 0 Å². The molecule has 5 N–H and O–H groups in total. The molecular weight excluding hydrogens is 746 g/mol. The van der Waals surface area contributed by atoms with Crippen molar-refractivity contribution in [1.82, 2.24) is 4.90 Å². The highest BCUT2D eigenvalue weighted by Gasteiger charge is 2.56. The van der Waals surface area contributed by atoms with Crippen LogP contribution in [0, 0.1) is 41.4 Å². The molecule has 1 unspecified atom stereocenters. The summed E-state index contributed by atoms with van der Waals surface area (Å²) >= 11 is 0. The van der Waals surface area contributed by atoms with Gasteiger partial charge in [0.1, 0.15) is 12.1 Å². The lowest BCUT2D eigenvalue weighted by atomic mass is 9.78. The molecule has 0 aromatic carbocycles. The van der Waals surface area contributed by atoms with E-state index in [4.69, 9.17) is 14.2 Å². The summed E-state index contributed by atoms with van der Waals surface area (Å²) in [6.45, 7) is 12.7. The Labute approximate surface area is 344 Å². The summed E-state index contributed by atoms with van der Waals surface area (Å²) in [7, 11) is 1.51. The maximum absolute atomic E-state index is 14.3. The molecule has 0 spiro atoms. The summed E-state index contributed by atoms with van der Waals surface area (Å²) in [6, 6.07) is -1.17. The minimum atomic E-state index is -2.54. The fourth-order valence-electron chi connectivity index (χ4n) is 9.79. The van der Waals surface area contributed by atoms with Crippen molar-refractivity contribution in [2.24, 2.45) is 41.4 Å². The van der Waals surface area contributed by atoms with E-state index in [9.17, 15) is 44.7 Å². The fraction of sp³-hybridized carbons (Fsp3) is 0.778. The number of cyclic esters (lactones) is 1. The topological polar surface area (TPSA) is 200 Å². The third kappa shape index (κ3) is 11.5. The van der Waals surface area contributed by atoms with Gasteiger partial charge in [-0.3, -0.25) is 14.4 Å². The Morgan fingerprint density at radius 1 is 0.948 bits per heavy atom. The quantitative estimate of drug-likeness (QED) is 0.140. The number of ether oxygens (including phenoxy) is 3. The summed E-state index contributed by atoms with van der Waals surface area (Å²) in [5.41, 5.74) is 1.15. The maximum atomic E-state index is 14.3. The average Bonchev–Trinajstić information content (AvgIpc) is 3.20. The number of fused-ring (bicyclic) bond motifs is 3. The van der Waals surface area contributed by atoms with Gasteiger partial charge in [0.2, 0.25) is 5.79 Å². The number of ketones is 2. The largest absolute Gasteiger partial charge is 0.456 e. The van der Waals surface area contributed by atoms with Crippen molar-refractivity contribution in [2.75, 3.05) is 26.9 Å². The van der Waals surface area contributed by atoms with Crippen molar-refractivity contribution in [2.45, 2.75) is 154 Å². The van der Waals surface area contributed by atoms with Gasteiger partial charge in [-0.05, 0) is 106 Å². The van der Waals surface area contributed by atoms with Crippen LogP contribution >= 0.6 is 0 Å². The molecule has 13 heteroatoms. The predicted molar refractivity (Wildman–Crippen MR) is 217 cm³/mol. The van der Waals surface area contributed by atoms with E-state index in [1.165, 1.54) is 7.11 Å². The first-order chi connectivity index (χ1) is 27.5. The molecule has 1 aliphatic carbocycles. The second kappa shape index (κ2) is 21.7. The van der Waals surface area contributed by atoms with Gasteiger partial charge >= 0.3 is 5.97 Å². The van der Waals surface area contributed by atoms with Gasteiger partial charge in [0.05, 0.1) is 24.4 Å². The van der Waals surface area contributed by atoms with Gasteiger partial charge in [0.25, 0.3) is 11.7 Å². The first-order valence-electron chi connectivity index (χ1n) is 21.6. The van der Waals surface area contributed by atoms with Crippen LogP contribution in [0.4, 0.5) is 0 Å². The van der Waals surface area contributed by atoms with E-state index < -0.39 is 77.8 Å². The number of aliphatic hydroxyl groups is 5. The molecule has 14 atom stereocenters. The number of carbonyl (C=O) groups excluding carboxylic acids is 4. The highest BCUT2D eigenvalue weighted by molar-refractivity contribution is 6.39. The molecule has 0 radical (unpaired) electrons. The normalized spacial score (nSPS) is 40.7. The SMILES string of the molecule is C=CC/C1=C\C(C)C[C@H](C)CC[C@H](OC)[C@H]2O[C@@](O)(C(=O)C(=O)N3CCCC[C@H]3C(=O)O[C@H](C(C)=C[C@@H]3CC[C@@H](O)[C@H](CO)C3)[C@H](C)[C@@H](O)CC1=O)[C@H](C)C[C@@H]2CO. The first-order valence-corrected chi connectivity index (χ1v) is 21.6. The van der Waals surface area contributed by atoms with Gasteiger partial charge in [-0.1, -0.05) is 45.9 Å². The zero-order valence-electron chi connectivity index (χ0n) is 35.6. The summed E-state index contributed by atoms with van der Waals surface area (Å²) in [6.07, 6.45) is 6.20. The number of allylic oxidation sites excluding steroid dienone is 4. The summed E-state index contributed by atoms with van der Waals surface area (Å²) in [5, 5.41) is 54.4. The van der Waals surface area contributed by atoms with E-state index in [1.54, 1.807) is 26.8 Å². The van der Waals surface area contributed by atoms with E-state index in [2.05, 4.69) is 13.5 Å². The van der Waals surface area contributed by atoms with Gasteiger partial charge in [0.15, 0.2) is 5.78 Å². The van der Waals surface area contributed by atoms with Gasteiger partial charge in [-0.25, -0.2) is 4.79 Å². The first kappa shape index (κ1) is 47.9. The molecule has 1 saturated carbocycles. The molecule has 328 valence electrons. The lowest BCUT2D eigenvalue weighted by Crippen LogP contribution is -2.63. The lowest BCUT2D eigenvalue weighted by molar-refractivity contribution is -0.294. The highest BCUT2D eigenvalue weighted by Crippen LogP contribution is 2.40. The molecule has 13 nitrogen and oxygen atoms in total. The zero-order valence-corrected chi connectivity index (χ0v) is 35.6. The molecule has 58 heavy (non-hydrogen) atoms. The fourth-order valence-corrected chi connectivity index (χ4v) is 9.79. The van der Waals surface area contributed by atoms with Crippen LogP contribution in [-0.4, -0.2) is 123 Å². The molecule has 3 fully saturated rings. The minimum absolute atomic E-state index is 0.0120. The van der Waals surface area contributed by atoms with Crippen molar-refractivity contribution in [3.05, 3.63) is 36.0 Å². The third-order valence-electron chi connectivity index (χ3n) is 13.4. The van der Waals surface area contributed by atoms with Crippen molar-refractivity contribution >= 4 is 23.4 Å². The zero-order chi connectivity index (χ0) is 42.9. The number of hydrogen-bond acceptors (Lipinski definition) is 12. The van der Waals surface area contributed by atoms with Crippen LogP contribution in [0.15, 0.2) is 36.0 Å². The Morgan fingerprint density at radius 2 is 1.66 bits per heavy atom. The molecule has 4 aliphatic rings. The van der Waals surface area contributed by atoms with Crippen LogP contribution in [0.3, 0.4) is 0 Å². The molecule has 2 bridgehead atoms. The number of rotatable bonds is 7. The molecule has 1 amide bonds. The van der Waals surface area contributed by atoms with E-state index in [0.29, 0.717) is 62.5 Å². The Kier molecular flexibility index (Phi) is 17.9. The van der Waals surface area contributed by atoms with E-state index in [1.807, 2.05) is 19.1 Å². The summed E-state index contributed by atoms with van der Waals surface area (Å²) in [5.74, 6) is -8.16. The number of nitrogens with zero attached hydrogens (tertiary/aromatic N) is 1. The van der Waals surface area contributed by atoms with Crippen LogP contribution in [-0.2, 0) is 33.4 Å². The average molecular weight is 818 g/mol. The number of Topliss-reactive ketones (excluding diaryl/α,β-unsaturated/α-hetero) is 2. The molecule has 3 aliphatic heterocycles. The van der Waals surface area contributed by atoms with E-state index >= 15 is 0 Å². The molecule has 0 aromatic heterocycles. The van der Waals surface area contributed by atoms with Gasteiger partial charge < -0.3 is 44.6 Å². The van der Waals surface area contributed by atoms with Gasteiger partial charge in [-0.15, -0.1) is 6.58 Å². The van der Waals surface area contributed by atoms with Crippen LogP contribution in [0.25, 0.3) is 0 Å². The van der Waals surface area contributed by atoms with Crippen molar-refractivity contribution < 1.29 is 58.9 Å². The van der Waals surface area contributed by atoms with Crippen LogP contribution in [0.1, 0.15) is 112 Å². The third-order valence-corrected chi connectivity index (χ3v) is 13.4. The Morgan fingerprint density at radius 3 is 2.31 bits per heavy atom. The van der Waals surface area contributed by atoms with Crippen molar-refractivity contribution in [1.29, 1.82) is 0 Å². The lowest BCUT2D eigenvalue weighted by Gasteiger charge is -2.47. The number of amides is 1. The molecule has 2 saturated heterocycles. The number of hydrogen-bond donors (Lipinski definition) is 5. The number of methoxy groups -OCH3 is 1. The van der Waals surface area contributed by atoms with Gasteiger partial charge in [0, 0.05) is 57.0 Å². The smallest absolute Gasteiger partial charge is 0.329 e. The summed E-state index contributed by atoms with van der Waals surface area (Å²) in [4.78, 5) is 57.7. The second-order valence-electron chi connectivity index (χ2n) is 18.0. The van der Waals surface area contributed by atoms with E-state index in [0.717, 1.165) is 11.3 Å². The van der Waals surface area contributed by atoms with Crippen LogP contribution in [0.2, 0.25) is 0 Å².